The van der Waals surface area contributed by atoms with Gasteiger partial charge < -0.3 is 4.90 Å². The molecule has 2 aliphatic rings. The second kappa shape index (κ2) is 8.26. The van der Waals surface area contributed by atoms with E-state index >= 15 is 0 Å². The minimum absolute atomic E-state index is 1.14. The van der Waals surface area contributed by atoms with Gasteiger partial charge in [-0.25, -0.2) is 0 Å². The molecule has 0 saturated carbocycles. The Bertz CT molecular complexity index is 695. The summed E-state index contributed by atoms with van der Waals surface area (Å²) in [6, 6.07) is 8.95. The van der Waals surface area contributed by atoms with E-state index in [1.54, 1.807) is 5.56 Å². The minimum Gasteiger partial charge on any atom is -0.369 e. The van der Waals surface area contributed by atoms with Crippen molar-refractivity contribution in [1.82, 2.24) is 15.1 Å². The average Bonchev–Trinajstić information content (AvgIpc) is 2.89. The van der Waals surface area contributed by atoms with Crippen molar-refractivity contribution in [2.24, 2.45) is 0 Å². The molecule has 0 atom stereocenters. The predicted molar refractivity (Wildman–Crippen MR) is 108 cm³/mol. The Morgan fingerprint density at radius 1 is 0.962 bits per heavy atom. The quantitative estimate of drug-likeness (QED) is 0.833. The lowest BCUT2D eigenvalue weighted by Crippen LogP contribution is -2.46. The van der Waals surface area contributed by atoms with Crippen LogP contribution < -0.4 is 4.90 Å². The van der Waals surface area contributed by atoms with Gasteiger partial charge in [-0.1, -0.05) is 24.1 Å². The number of hydrogen-bond donors (Lipinski definition) is 1. The van der Waals surface area contributed by atoms with Crippen LogP contribution in [0.4, 0.5) is 5.69 Å². The number of fused-ring (bicyclic) bond motifs is 1. The molecule has 1 aliphatic carbocycles. The van der Waals surface area contributed by atoms with E-state index in [4.69, 9.17) is 0 Å². The van der Waals surface area contributed by atoms with Gasteiger partial charge >= 0.3 is 0 Å². The molecule has 2 heterocycles. The van der Waals surface area contributed by atoms with Crippen LogP contribution in [-0.4, -0.2) is 47.8 Å². The van der Waals surface area contributed by atoms with Crippen molar-refractivity contribution in [1.29, 1.82) is 0 Å². The maximum absolute atomic E-state index is 4.59. The van der Waals surface area contributed by atoms with Gasteiger partial charge in [0, 0.05) is 37.6 Å². The summed E-state index contributed by atoms with van der Waals surface area (Å²) in [6.45, 7) is 7.99. The summed E-state index contributed by atoms with van der Waals surface area (Å²) in [5.74, 6) is 0. The van der Waals surface area contributed by atoms with E-state index in [-0.39, 0.29) is 0 Å². The zero-order valence-electron chi connectivity index (χ0n) is 16.1. The lowest BCUT2D eigenvalue weighted by Gasteiger charge is -2.36. The molecule has 1 aliphatic heterocycles. The predicted octanol–water partition coefficient (Wildman–Crippen LogP) is 3.74. The molecule has 0 radical (unpaired) electrons. The zero-order valence-corrected chi connectivity index (χ0v) is 16.1. The first-order chi connectivity index (χ1) is 12.8. The first kappa shape index (κ1) is 17.6. The molecule has 1 N–H and O–H groups in total. The van der Waals surface area contributed by atoms with Crippen molar-refractivity contribution < 1.29 is 0 Å². The molecule has 1 fully saturated rings. The highest BCUT2D eigenvalue weighted by atomic mass is 15.3. The summed E-state index contributed by atoms with van der Waals surface area (Å²) in [4.78, 5) is 5.14. The molecule has 0 amide bonds. The molecule has 26 heavy (non-hydrogen) atoms. The summed E-state index contributed by atoms with van der Waals surface area (Å²) < 4.78 is 0. The summed E-state index contributed by atoms with van der Waals surface area (Å²) in [5, 5.41) is 7.92. The maximum atomic E-state index is 4.59. The van der Waals surface area contributed by atoms with Gasteiger partial charge in [-0.15, -0.1) is 0 Å². The van der Waals surface area contributed by atoms with Crippen LogP contribution >= 0.6 is 0 Å². The molecule has 1 saturated heterocycles. The second-order valence-corrected chi connectivity index (χ2v) is 7.96. The van der Waals surface area contributed by atoms with Crippen molar-refractivity contribution in [3.63, 3.8) is 0 Å². The molecule has 1 aromatic carbocycles. The van der Waals surface area contributed by atoms with Gasteiger partial charge in [0.25, 0.3) is 0 Å². The molecule has 0 spiro atoms. The van der Waals surface area contributed by atoms with Crippen LogP contribution in [-0.2, 0) is 19.3 Å². The van der Waals surface area contributed by atoms with Crippen molar-refractivity contribution in [2.45, 2.75) is 51.9 Å². The summed E-state index contributed by atoms with van der Waals surface area (Å²) in [7, 11) is 0. The SMILES string of the molecule is Cc1ccc(N2CCN(CCCc3[nH]nc4c3CCCCC4)CC2)cc1. The van der Waals surface area contributed by atoms with Crippen molar-refractivity contribution in [2.75, 3.05) is 37.6 Å². The lowest BCUT2D eigenvalue weighted by molar-refractivity contribution is 0.255. The fourth-order valence-corrected chi connectivity index (χ4v) is 4.39. The molecular weight excluding hydrogens is 320 g/mol. The Kier molecular flexibility index (Phi) is 5.59. The lowest BCUT2D eigenvalue weighted by atomic mass is 10.0. The van der Waals surface area contributed by atoms with Crippen molar-refractivity contribution >= 4 is 5.69 Å². The van der Waals surface area contributed by atoms with E-state index in [0.717, 1.165) is 19.5 Å². The molecular formula is C22H32N4. The molecule has 2 aromatic rings. The van der Waals surface area contributed by atoms with Crippen molar-refractivity contribution in [3.05, 3.63) is 46.8 Å². The molecule has 4 nitrogen and oxygen atoms in total. The molecule has 0 bridgehead atoms. The maximum Gasteiger partial charge on any atom is 0.0656 e. The van der Waals surface area contributed by atoms with Crippen LogP contribution in [0.3, 0.4) is 0 Å². The Morgan fingerprint density at radius 3 is 2.54 bits per heavy atom. The van der Waals surface area contributed by atoms with E-state index in [0.29, 0.717) is 0 Å². The molecule has 4 rings (SSSR count). The number of aryl methyl sites for hydroxylation is 3. The van der Waals surface area contributed by atoms with Crippen LogP contribution in [0.1, 0.15) is 48.2 Å². The standard InChI is InChI=1S/C22H32N4/c1-18-9-11-19(12-10-18)26-16-14-25(15-17-26)13-5-8-22-20-6-3-2-4-7-21(20)23-24-22/h9-12H,2-8,13-17H2,1H3,(H,23,24). The first-order valence-electron chi connectivity index (χ1n) is 10.4. The number of aromatic amines is 1. The highest BCUT2D eigenvalue weighted by Crippen LogP contribution is 2.23. The number of nitrogens with one attached hydrogen (secondary N) is 1. The Morgan fingerprint density at radius 2 is 1.73 bits per heavy atom. The number of rotatable bonds is 5. The van der Waals surface area contributed by atoms with Gasteiger partial charge in [-0.2, -0.15) is 5.10 Å². The zero-order chi connectivity index (χ0) is 17.8. The largest absolute Gasteiger partial charge is 0.369 e. The Labute approximate surface area is 157 Å². The third-order valence-electron chi connectivity index (χ3n) is 6.05. The fourth-order valence-electron chi connectivity index (χ4n) is 4.39. The van der Waals surface area contributed by atoms with Crippen LogP contribution in [0, 0.1) is 6.92 Å². The highest BCUT2D eigenvalue weighted by molar-refractivity contribution is 5.47. The van der Waals surface area contributed by atoms with Gasteiger partial charge in [0.05, 0.1) is 5.69 Å². The van der Waals surface area contributed by atoms with Crippen LogP contribution in [0.25, 0.3) is 0 Å². The summed E-state index contributed by atoms with van der Waals surface area (Å²) >= 11 is 0. The normalized spacial score (nSPS) is 18.6. The number of piperazine rings is 1. The number of nitrogens with zero attached hydrogens (tertiary/aromatic N) is 3. The molecule has 1 aromatic heterocycles. The molecule has 0 unspecified atom stereocenters. The first-order valence-corrected chi connectivity index (χ1v) is 10.4. The monoisotopic (exact) mass is 352 g/mol. The van der Waals surface area contributed by atoms with Crippen LogP contribution in [0.2, 0.25) is 0 Å². The van der Waals surface area contributed by atoms with E-state index in [9.17, 15) is 0 Å². The summed E-state index contributed by atoms with van der Waals surface area (Å²) in [6.07, 6.45) is 8.80. The van der Waals surface area contributed by atoms with Crippen molar-refractivity contribution in [3.8, 4) is 0 Å². The Hall–Kier alpha value is -1.81. The third-order valence-corrected chi connectivity index (χ3v) is 6.05. The minimum atomic E-state index is 1.14. The Balaban J connectivity index is 1.23. The van der Waals surface area contributed by atoms with Crippen LogP contribution in [0.5, 0.6) is 0 Å². The number of hydrogen-bond acceptors (Lipinski definition) is 3. The van der Waals surface area contributed by atoms with Gasteiger partial charge in [0.15, 0.2) is 0 Å². The van der Waals surface area contributed by atoms with Gasteiger partial charge in [0.2, 0.25) is 0 Å². The third kappa shape index (κ3) is 4.12. The molecule has 140 valence electrons. The average molecular weight is 353 g/mol. The van der Waals surface area contributed by atoms with E-state index in [1.165, 1.54) is 80.8 Å². The van der Waals surface area contributed by atoms with Gasteiger partial charge in [0.1, 0.15) is 0 Å². The fraction of sp³-hybridized carbons (Fsp3) is 0.591. The van der Waals surface area contributed by atoms with Crippen LogP contribution in [0.15, 0.2) is 24.3 Å². The van der Waals surface area contributed by atoms with E-state index in [2.05, 4.69) is 51.2 Å². The van der Waals surface area contributed by atoms with E-state index in [1.807, 2.05) is 0 Å². The number of aromatic nitrogens is 2. The number of benzene rings is 1. The van der Waals surface area contributed by atoms with Gasteiger partial charge in [-0.3, -0.25) is 10.00 Å². The smallest absolute Gasteiger partial charge is 0.0656 e. The van der Waals surface area contributed by atoms with E-state index < -0.39 is 0 Å². The molecule has 4 heteroatoms. The summed E-state index contributed by atoms with van der Waals surface area (Å²) in [5.41, 5.74) is 7.02. The number of anilines is 1. The topological polar surface area (TPSA) is 35.2 Å². The second-order valence-electron chi connectivity index (χ2n) is 7.96. The van der Waals surface area contributed by atoms with Gasteiger partial charge in [-0.05, 0) is 69.7 Å². The highest BCUT2D eigenvalue weighted by Gasteiger charge is 2.18. The number of H-pyrrole nitrogens is 1.